The van der Waals surface area contributed by atoms with Gasteiger partial charge in [0.1, 0.15) is 57.2 Å². The van der Waals surface area contributed by atoms with E-state index in [9.17, 15) is 30.6 Å². The molecule has 0 amide bonds. The number of morpholine rings is 1. The van der Waals surface area contributed by atoms with Crippen molar-refractivity contribution in [1.29, 1.82) is 0 Å². The molecule has 78 heavy (non-hydrogen) atoms. The van der Waals surface area contributed by atoms with Gasteiger partial charge in [0.15, 0.2) is 0 Å². The number of hydrogen-bond donors (Lipinski definition) is 10. The van der Waals surface area contributed by atoms with Crippen LogP contribution in [0.25, 0.3) is 41.6 Å². The van der Waals surface area contributed by atoms with Crippen molar-refractivity contribution in [3.63, 3.8) is 0 Å². The number of nitrogens with zero attached hydrogens (tertiary/aromatic N) is 9. The molecule has 7 heterocycles. The quantitative estimate of drug-likeness (QED) is 0.0433. The summed E-state index contributed by atoms with van der Waals surface area (Å²) in [7, 11) is 0. The summed E-state index contributed by atoms with van der Waals surface area (Å²) < 4.78 is 14.3. The number of thiazole rings is 2. The molecule has 1 saturated heterocycles. The molecule has 23 heteroatoms. The molecule has 0 spiro atoms. The maximum Gasteiger partial charge on any atom is 0.241 e. The minimum absolute atomic E-state index is 0.163. The van der Waals surface area contributed by atoms with Crippen LogP contribution < -0.4 is 26.0 Å². The molecule has 6 aromatic heterocycles. The zero-order valence-electron chi connectivity index (χ0n) is 45.2. The lowest BCUT2D eigenvalue weighted by atomic mass is 9.88. The minimum Gasteiger partial charge on any atom is -0.470 e. The maximum absolute atomic E-state index is 12.7. The van der Waals surface area contributed by atoms with Gasteiger partial charge in [-0.15, -0.1) is 22.7 Å². The highest BCUT2D eigenvalue weighted by atomic mass is 32.1. The highest BCUT2D eigenvalue weighted by molar-refractivity contribution is 7.22. The SMILES string of the molecule is Cc1nc(NCCC2(O)CCCC2)nc(NC2CC(CN3CCOCC3O)C(Oc3nccc4sc(-c5c(C)nc(NCCC6CCCC6)nc5NC5CC(C(C)(C)O)C(O)C5O)nc34)C2O)c1-c1nc2c(C)nccc2s1. The molecule has 0 bridgehead atoms. The Bertz CT molecular complexity index is 3070. The zero-order chi connectivity index (χ0) is 54.5. The van der Waals surface area contributed by atoms with E-state index in [-0.39, 0.29) is 18.4 Å². The van der Waals surface area contributed by atoms with Gasteiger partial charge in [0, 0.05) is 50.4 Å². The Morgan fingerprint density at radius 2 is 1.36 bits per heavy atom. The van der Waals surface area contributed by atoms with Crippen molar-refractivity contribution in [3.8, 4) is 27.0 Å². The molecule has 10 N–H and O–H groups in total. The molecule has 420 valence electrons. The normalized spacial score (nSPS) is 26.8. The number of hydrogen-bond acceptors (Lipinski definition) is 23. The van der Waals surface area contributed by atoms with Crippen LogP contribution in [0, 0.1) is 38.5 Å². The fourth-order valence-corrected chi connectivity index (χ4v) is 14.8. The van der Waals surface area contributed by atoms with Crippen molar-refractivity contribution in [1.82, 2.24) is 44.8 Å². The van der Waals surface area contributed by atoms with E-state index < -0.39 is 59.8 Å². The Labute approximate surface area is 462 Å². The maximum atomic E-state index is 12.7. The zero-order valence-corrected chi connectivity index (χ0v) is 46.8. The van der Waals surface area contributed by atoms with Gasteiger partial charge in [-0.1, -0.05) is 38.5 Å². The number of nitrogens with one attached hydrogen (secondary N) is 4. The summed E-state index contributed by atoms with van der Waals surface area (Å²) >= 11 is 2.93. The number of aromatic nitrogens is 8. The van der Waals surface area contributed by atoms with E-state index >= 15 is 0 Å². The Kier molecular flexibility index (Phi) is 16.0. The number of rotatable bonds is 19. The van der Waals surface area contributed by atoms with Crippen molar-refractivity contribution in [3.05, 3.63) is 41.6 Å². The molecule has 1 aliphatic heterocycles. The number of anilines is 4. The van der Waals surface area contributed by atoms with Crippen LogP contribution in [-0.4, -0.2) is 169 Å². The lowest BCUT2D eigenvalue weighted by Crippen LogP contribution is -2.49. The van der Waals surface area contributed by atoms with Crippen LogP contribution in [-0.2, 0) is 4.74 Å². The molecule has 5 fully saturated rings. The number of fused-ring (bicyclic) bond motifs is 2. The van der Waals surface area contributed by atoms with Crippen LogP contribution in [0.15, 0.2) is 24.5 Å². The lowest BCUT2D eigenvalue weighted by molar-refractivity contribution is -0.114. The molecule has 6 aromatic rings. The summed E-state index contributed by atoms with van der Waals surface area (Å²) in [5.74, 6) is 1.73. The summed E-state index contributed by atoms with van der Waals surface area (Å²) in [5.41, 5.74) is 2.77. The standard InChI is InChI=1S/C55H75N13O8S2/c1-28-39(50-64-41-30(3)56-19-13-36(41)77-50)47(67-53(61-28)59-21-17-55(74)15-8-9-16-55)62-34-24-32(26-68-22-23-75-27-38(68)69)46(45(34)72)76-49-42-37(14-20-57-49)78-51(65-42)40-29(2)60-52(58-18-12-31-10-6-7-11-31)66-48(40)63-35-25-33(54(4,5)73)43(70)44(35)71/h13-14,19-20,31-35,38,43-46,69-74H,6-12,15-18,21-27H2,1-5H3,(H2,58,60,63,66)(H2,59,61,62,67). The Morgan fingerprint density at radius 3 is 1.99 bits per heavy atom. The molecule has 0 radical (unpaired) electrons. The molecule has 0 aromatic carbocycles. The summed E-state index contributed by atoms with van der Waals surface area (Å²) in [4.78, 5) is 41.3. The van der Waals surface area contributed by atoms with Gasteiger partial charge in [0.25, 0.3) is 0 Å². The number of ether oxygens (including phenoxy) is 2. The Morgan fingerprint density at radius 1 is 0.744 bits per heavy atom. The molecule has 4 aliphatic carbocycles. The molecule has 21 nitrogen and oxygen atoms in total. The molecule has 9 unspecified atom stereocenters. The van der Waals surface area contributed by atoms with Crippen LogP contribution in [0.3, 0.4) is 0 Å². The number of aliphatic hydroxyl groups excluding tert-OH is 4. The summed E-state index contributed by atoms with van der Waals surface area (Å²) in [6, 6.07) is 2.58. The Hall–Kier alpha value is -5.08. The highest BCUT2D eigenvalue weighted by Crippen LogP contribution is 2.44. The molecular formula is C55H75N13O8S2. The van der Waals surface area contributed by atoms with Gasteiger partial charge < -0.3 is 61.4 Å². The fraction of sp³-hybridized carbons (Fsp3) is 0.636. The van der Waals surface area contributed by atoms with Crippen LogP contribution in [0.1, 0.15) is 108 Å². The molecule has 9 atom stereocenters. The van der Waals surface area contributed by atoms with Crippen LogP contribution in [0.4, 0.5) is 23.5 Å². The third-order valence-corrected chi connectivity index (χ3v) is 19.1. The third-order valence-electron chi connectivity index (χ3n) is 17.0. The summed E-state index contributed by atoms with van der Waals surface area (Å²) in [6.07, 6.45) is 9.16. The average molecular weight is 1110 g/mol. The minimum atomic E-state index is -1.23. The van der Waals surface area contributed by atoms with Gasteiger partial charge >= 0.3 is 0 Å². The smallest absolute Gasteiger partial charge is 0.241 e. The van der Waals surface area contributed by atoms with Gasteiger partial charge in [0.2, 0.25) is 17.8 Å². The molecule has 11 rings (SSSR count). The first-order valence-electron chi connectivity index (χ1n) is 27.9. The number of aliphatic hydroxyl groups is 6. The van der Waals surface area contributed by atoms with E-state index in [1.807, 2.05) is 37.8 Å². The number of aryl methyl sites for hydroxylation is 3. The average Bonchev–Trinajstić information content (AvgIpc) is 4.42. The predicted octanol–water partition coefficient (Wildman–Crippen LogP) is 6.19. The van der Waals surface area contributed by atoms with Crippen molar-refractivity contribution < 1.29 is 40.1 Å². The van der Waals surface area contributed by atoms with E-state index in [4.69, 9.17) is 44.4 Å². The number of pyridine rings is 2. The molecule has 4 saturated carbocycles. The largest absolute Gasteiger partial charge is 0.470 e. The van der Waals surface area contributed by atoms with Gasteiger partial charge in [-0.25, -0.2) is 24.9 Å². The summed E-state index contributed by atoms with van der Waals surface area (Å²) in [6.45, 7) is 11.7. The van der Waals surface area contributed by atoms with Crippen molar-refractivity contribution in [2.24, 2.45) is 17.8 Å². The first-order chi connectivity index (χ1) is 37.5. The highest BCUT2D eigenvalue weighted by Gasteiger charge is 2.49. The van der Waals surface area contributed by atoms with Gasteiger partial charge in [-0.2, -0.15) is 9.97 Å². The lowest BCUT2D eigenvalue weighted by Gasteiger charge is -2.35. The van der Waals surface area contributed by atoms with E-state index in [0.29, 0.717) is 120 Å². The van der Waals surface area contributed by atoms with Crippen LogP contribution in [0.5, 0.6) is 5.88 Å². The van der Waals surface area contributed by atoms with E-state index in [2.05, 4.69) is 26.3 Å². The van der Waals surface area contributed by atoms with Crippen molar-refractivity contribution >= 4 is 66.6 Å². The first kappa shape index (κ1) is 54.9. The third kappa shape index (κ3) is 11.6. The summed E-state index contributed by atoms with van der Waals surface area (Å²) in [5, 5.41) is 83.6. The van der Waals surface area contributed by atoms with Gasteiger partial charge in [0.05, 0.1) is 80.2 Å². The van der Waals surface area contributed by atoms with Crippen LogP contribution >= 0.6 is 22.7 Å². The van der Waals surface area contributed by atoms with Crippen molar-refractivity contribution in [2.75, 3.05) is 60.7 Å². The van der Waals surface area contributed by atoms with Gasteiger partial charge in [-0.3, -0.25) is 9.88 Å². The van der Waals surface area contributed by atoms with Gasteiger partial charge in [-0.05, 0) is 91.2 Å². The van der Waals surface area contributed by atoms with E-state index in [1.165, 1.54) is 48.4 Å². The van der Waals surface area contributed by atoms with Crippen LogP contribution in [0.2, 0.25) is 0 Å². The second-order valence-electron chi connectivity index (χ2n) is 23.0. The van der Waals surface area contributed by atoms with Crippen molar-refractivity contribution in [2.45, 2.75) is 166 Å². The topological polar surface area (TPSA) is 294 Å². The first-order valence-corrected chi connectivity index (χ1v) is 29.5. The Balaban J connectivity index is 0.913. The predicted molar refractivity (Wildman–Crippen MR) is 301 cm³/mol. The molecule has 5 aliphatic rings. The monoisotopic (exact) mass is 1110 g/mol. The second-order valence-corrected chi connectivity index (χ2v) is 25.1. The molecular weight excluding hydrogens is 1030 g/mol. The fourth-order valence-electron chi connectivity index (χ4n) is 12.6. The van der Waals surface area contributed by atoms with E-state index in [1.54, 1.807) is 26.2 Å². The second kappa shape index (κ2) is 22.8. The van der Waals surface area contributed by atoms with E-state index in [0.717, 1.165) is 52.7 Å².